The summed E-state index contributed by atoms with van der Waals surface area (Å²) in [6.45, 7) is 3.91. The summed E-state index contributed by atoms with van der Waals surface area (Å²) in [4.78, 5) is 4.08. The van der Waals surface area contributed by atoms with Crippen molar-refractivity contribution in [3.63, 3.8) is 0 Å². The lowest BCUT2D eigenvalue weighted by molar-refractivity contribution is 0.478. The Morgan fingerprint density at radius 1 is 1.67 bits per heavy atom. The van der Waals surface area contributed by atoms with E-state index in [-0.39, 0.29) is 5.66 Å². The standard InChI is InChI=1S/C5H9N3S/c1-5(2)7-3-6-4(9)8-5/h3H,1-2H3,(H2,6,7,8,9). The van der Waals surface area contributed by atoms with Gasteiger partial charge in [0.05, 0.1) is 6.34 Å². The predicted octanol–water partition coefficient (Wildman–Crippen LogP) is 0.229. The molecule has 0 unspecified atom stereocenters. The van der Waals surface area contributed by atoms with Crippen molar-refractivity contribution >= 4 is 23.7 Å². The smallest absolute Gasteiger partial charge is 0.173 e. The van der Waals surface area contributed by atoms with E-state index >= 15 is 0 Å². The van der Waals surface area contributed by atoms with Crippen molar-refractivity contribution in [2.45, 2.75) is 19.5 Å². The minimum absolute atomic E-state index is 0.234. The molecule has 0 saturated heterocycles. The maximum Gasteiger partial charge on any atom is 0.173 e. The molecule has 0 aromatic carbocycles. The highest BCUT2D eigenvalue weighted by molar-refractivity contribution is 7.80. The monoisotopic (exact) mass is 143 g/mol. The largest absolute Gasteiger partial charge is 0.339 e. The Morgan fingerprint density at radius 2 is 2.33 bits per heavy atom. The first-order chi connectivity index (χ1) is 4.10. The zero-order valence-electron chi connectivity index (χ0n) is 5.43. The SMILES string of the molecule is CC1(C)N=CNC(=S)N1. The Kier molecular flexibility index (Phi) is 1.40. The number of aliphatic imine (C=N–C) groups is 1. The average Bonchev–Trinajstić information content (AvgIpc) is 1.60. The molecule has 3 nitrogen and oxygen atoms in total. The summed E-state index contributed by atoms with van der Waals surface area (Å²) in [6, 6.07) is 0. The summed E-state index contributed by atoms with van der Waals surface area (Å²) in [7, 11) is 0. The van der Waals surface area contributed by atoms with Gasteiger partial charge in [0.2, 0.25) is 0 Å². The maximum absolute atomic E-state index is 4.84. The molecule has 0 aliphatic carbocycles. The lowest BCUT2D eigenvalue weighted by Crippen LogP contribution is -2.51. The fourth-order valence-electron chi connectivity index (χ4n) is 0.598. The number of hydrogen-bond acceptors (Lipinski definition) is 2. The predicted molar refractivity (Wildman–Crippen MR) is 41.4 cm³/mol. The van der Waals surface area contributed by atoms with Crippen LogP contribution < -0.4 is 10.6 Å². The van der Waals surface area contributed by atoms with Crippen LogP contribution in [-0.2, 0) is 0 Å². The van der Waals surface area contributed by atoms with Gasteiger partial charge in [0.25, 0.3) is 0 Å². The van der Waals surface area contributed by atoms with Crippen molar-refractivity contribution in [3.05, 3.63) is 0 Å². The van der Waals surface area contributed by atoms with E-state index in [1.165, 1.54) is 0 Å². The van der Waals surface area contributed by atoms with Crippen LogP contribution in [0.2, 0.25) is 0 Å². The van der Waals surface area contributed by atoms with Crippen LogP contribution in [0.4, 0.5) is 0 Å². The van der Waals surface area contributed by atoms with Crippen LogP contribution >= 0.6 is 12.2 Å². The Balaban J connectivity index is 2.71. The van der Waals surface area contributed by atoms with Gasteiger partial charge in [-0.2, -0.15) is 0 Å². The van der Waals surface area contributed by atoms with Crippen molar-refractivity contribution in [1.82, 2.24) is 10.6 Å². The molecule has 0 amide bonds. The van der Waals surface area contributed by atoms with Gasteiger partial charge in [-0.15, -0.1) is 0 Å². The van der Waals surface area contributed by atoms with Gasteiger partial charge < -0.3 is 10.6 Å². The average molecular weight is 143 g/mol. The highest BCUT2D eigenvalue weighted by Gasteiger charge is 2.18. The van der Waals surface area contributed by atoms with Crippen LogP contribution in [0.1, 0.15) is 13.8 Å². The second-order valence-electron chi connectivity index (χ2n) is 2.42. The highest BCUT2D eigenvalue weighted by atomic mass is 32.1. The molecule has 0 radical (unpaired) electrons. The summed E-state index contributed by atoms with van der Waals surface area (Å²) in [5.74, 6) is 0. The fourth-order valence-corrected chi connectivity index (χ4v) is 0.901. The summed E-state index contributed by atoms with van der Waals surface area (Å²) in [5, 5.41) is 6.38. The third kappa shape index (κ3) is 1.64. The minimum Gasteiger partial charge on any atom is -0.339 e. The first kappa shape index (κ1) is 6.48. The first-order valence-electron chi connectivity index (χ1n) is 2.72. The molecule has 9 heavy (non-hydrogen) atoms. The molecule has 0 aromatic rings. The van der Waals surface area contributed by atoms with Crippen LogP contribution in [0.25, 0.3) is 0 Å². The lowest BCUT2D eigenvalue weighted by Gasteiger charge is -2.26. The quantitative estimate of drug-likeness (QED) is 0.476. The van der Waals surface area contributed by atoms with Crippen molar-refractivity contribution in [2.75, 3.05) is 0 Å². The number of thiocarbonyl (C=S) groups is 1. The zero-order valence-corrected chi connectivity index (χ0v) is 6.25. The molecule has 0 fully saturated rings. The molecule has 1 aliphatic heterocycles. The number of rotatable bonds is 0. The van der Waals surface area contributed by atoms with E-state index in [9.17, 15) is 0 Å². The fraction of sp³-hybridized carbons (Fsp3) is 0.600. The van der Waals surface area contributed by atoms with Crippen LogP contribution in [0.3, 0.4) is 0 Å². The molecule has 2 N–H and O–H groups in total. The van der Waals surface area contributed by atoms with Crippen molar-refractivity contribution in [1.29, 1.82) is 0 Å². The normalized spacial score (nSPS) is 22.7. The molecular formula is C5H9N3S. The van der Waals surface area contributed by atoms with Crippen LogP contribution in [0.5, 0.6) is 0 Å². The number of nitrogens with zero attached hydrogens (tertiary/aromatic N) is 1. The van der Waals surface area contributed by atoms with E-state index < -0.39 is 0 Å². The van der Waals surface area contributed by atoms with Gasteiger partial charge in [0.1, 0.15) is 5.66 Å². The summed E-state index contributed by atoms with van der Waals surface area (Å²) in [5.41, 5.74) is -0.234. The molecule has 1 aliphatic rings. The maximum atomic E-state index is 4.84. The summed E-state index contributed by atoms with van der Waals surface area (Å²) in [6.07, 6.45) is 1.61. The molecule has 0 aromatic heterocycles. The van der Waals surface area contributed by atoms with Gasteiger partial charge in [0.15, 0.2) is 5.11 Å². The molecule has 0 saturated carbocycles. The zero-order chi connectivity index (χ0) is 6.91. The molecule has 50 valence electrons. The van der Waals surface area contributed by atoms with Gasteiger partial charge in [-0.25, -0.2) is 4.99 Å². The van der Waals surface area contributed by atoms with E-state index in [0.717, 1.165) is 0 Å². The number of hydrogen-bond donors (Lipinski definition) is 2. The summed E-state index contributed by atoms with van der Waals surface area (Å²) < 4.78 is 0. The topological polar surface area (TPSA) is 36.4 Å². The molecule has 0 bridgehead atoms. The molecule has 1 rings (SSSR count). The second-order valence-corrected chi connectivity index (χ2v) is 2.82. The molecule has 4 heteroatoms. The lowest BCUT2D eigenvalue weighted by atomic mass is 10.2. The minimum atomic E-state index is -0.234. The number of nitrogens with one attached hydrogen (secondary N) is 2. The molecule has 1 heterocycles. The van der Waals surface area contributed by atoms with Gasteiger partial charge in [-0.05, 0) is 26.1 Å². The van der Waals surface area contributed by atoms with E-state index in [2.05, 4.69) is 15.6 Å². The van der Waals surface area contributed by atoms with Crippen molar-refractivity contribution in [3.8, 4) is 0 Å². The Labute approximate surface area is 59.5 Å². The van der Waals surface area contributed by atoms with Crippen LogP contribution in [0.15, 0.2) is 4.99 Å². The van der Waals surface area contributed by atoms with Gasteiger partial charge in [-0.3, -0.25) is 0 Å². The first-order valence-corrected chi connectivity index (χ1v) is 3.13. The van der Waals surface area contributed by atoms with E-state index in [4.69, 9.17) is 12.2 Å². The van der Waals surface area contributed by atoms with E-state index in [1.807, 2.05) is 13.8 Å². The van der Waals surface area contributed by atoms with Gasteiger partial charge in [0, 0.05) is 0 Å². The molecule has 0 atom stereocenters. The van der Waals surface area contributed by atoms with Crippen LogP contribution in [-0.4, -0.2) is 17.1 Å². The second kappa shape index (κ2) is 1.95. The van der Waals surface area contributed by atoms with E-state index in [0.29, 0.717) is 5.11 Å². The molecular weight excluding hydrogens is 134 g/mol. The Bertz CT molecular complexity index is 162. The van der Waals surface area contributed by atoms with Gasteiger partial charge >= 0.3 is 0 Å². The Hall–Kier alpha value is -0.640. The van der Waals surface area contributed by atoms with Crippen molar-refractivity contribution < 1.29 is 0 Å². The Morgan fingerprint density at radius 3 is 2.67 bits per heavy atom. The van der Waals surface area contributed by atoms with Gasteiger partial charge in [-0.1, -0.05) is 0 Å². The third-order valence-electron chi connectivity index (χ3n) is 1.00. The third-order valence-corrected chi connectivity index (χ3v) is 1.22. The van der Waals surface area contributed by atoms with E-state index in [1.54, 1.807) is 6.34 Å². The summed E-state index contributed by atoms with van der Waals surface area (Å²) >= 11 is 4.84. The highest BCUT2D eigenvalue weighted by Crippen LogP contribution is 2.03. The molecule has 0 spiro atoms. The van der Waals surface area contributed by atoms with Crippen LogP contribution in [0, 0.1) is 0 Å². The van der Waals surface area contributed by atoms with Crippen molar-refractivity contribution in [2.24, 2.45) is 4.99 Å².